The molecule has 2 N–H and O–H groups in total. The van der Waals surface area contributed by atoms with Crippen molar-refractivity contribution in [2.24, 2.45) is 5.10 Å². The number of carbonyl (C=O) groups is 2. The molecule has 0 radical (unpaired) electrons. The zero-order chi connectivity index (χ0) is 19.8. The first-order valence-corrected chi connectivity index (χ1v) is 9.59. The van der Waals surface area contributed by atoms with E-state index >= 15 is 0 Å². The molecule has 0 heterocycles. The second kappa shape index (κ2) is 9.90. The summed E-state index contributed by atoms with van der Waals surface area (Å²) in [6.07, 6.45) is 5.50. The lowest BCUT2D eigenvalue weighted by atomic mass is 10.2. The summed E-state index contributed by atoms with van der Waals surface area (Å²) in [7, 11) is 0. The summed E-state index contributed by atoms with van der Waals surface area (Å²) in [6, 6.07) is 14.8. The van der Waals surface area contributed by atoms with Gasteiger partial charge in [-0.1, -0.05) is 36.6 Å². The van der Waals surface area contributed by atoms with Crippen LogP contribution in [0.2, 0.25) is 5.02 Å². The summed E-state index contributed by atoms with van der Waals surface area (Å²) >= 11 is 5.86. The molecule has 2 aromatic rings. The number of ether oxygens (including phenoxy) is 1. The standard InChI is InChI=1S/C21H22ClN3O3/c22-17-9-5-16(6-10-17)14-28-19-11-7-15(8-12-19)13-23-25-21(27)20(26)24-18-3-1-2-4-18/h5-13,18H,1-4,14H2,(H,24,26)(H,25,27)/b23-13-. The highest BCUT2D eigenvalue weighted by molar-refractivity contribution is 6.35. The molecular weight excluding hydrogens is 378 g/mol. The number of carbonyl (C=O) groups excluding carboxylic acids is 2. The SMILES string of the molecule is O=C(N/N=C\c1ccc(OCc2ccc(Cl)cc2)cc1)C(=O)NC1CCCC1. The van der Waals surface area contributed by atoms with Crippen molar-refractivity contribution in [2.75, 3.05) is 0 Å². The van der Waals surface area contributed by atoms with Gasteiger partial charge in [-0.25, -0.2) is 5.43 Å². The maximum absolute atomic E-state index is 11.8. The van der Waals surface area contributed by atoms with Gasteiger partial charge in [-0.3, -0.25) is 9.59 Å². The molecule has 0 aliphatic heterocycles. The molecule has 7 heteroatoms. The van der Waals surface area contributed by atoms with Crippen LogP contribution in [0.15, 0.2) is 53.6 Å². The molecule has 3 rings (SSSR count). The molecule has 28 heavy (non-hydrogen) atoms. The zero-order valence-electron chi connectivity index (χ0n) is 15.4. The minimum absolute atomic E-state index is 0.0997. The molecule has 2 amide bonds. The fourth-order valence-electron chi connectivity index (χ4n) is 2.93. The molecule has 1 aliphatic carbocycles. The molecule has 146 valence electrons. The predicted octanol–water partition coefficient (Wildman–Crippen LogP) is 3.43. The Morgan fingerprint density at radius 2 is 1.71 bits per heavy atom. The van der Waals surface area contributed by atoms with Gasteiger partial charge in [-0.2, -0.15) is 5.10 Å². The Balaban J connectivity index is 1.43. The number of nitrogens with one attached hydrogen (secondary N) is 2. The summed E-state index contributed by atoms with van der Waals surface area (Å²) in [5.74, 6) is -0.687. The molecule has 0 spiro atoms. The van der Waals surface area contributed by atoms with Gasteiger partial charge in [-0.05, 0) is 60.4 Å². The van der Waals surface area contributed by atoms with Gasteiger partial charge in [0.05, 0.1) is 6.21 Å². The van der Waals surface area contributed by atoms with Gasteiger partial charge in [0.2, 0.25) is 0 Å². The van der Waals surface area contributed by atoms with Crippen molar-refractivity contribution >= 4 is 29.6 Å². The Morgan fingerprint density at radius 1 is 1.04 bits per heavy atom. The van der Waals surface area contributed by atoms with Crippen molar-refractivity contribution in [3.8, 4) is 5.75 Å². The van der Waals surface area contributed by atoms with E-state index in [2.05, 4.69) is 15.8 Å². The molecule has 0 atom stereocenters. The van der Waals surface area contributed by atoms with Crippen LogP contribution in [0.5, 0.6) is 5.75 Å². The largest absolute Gasteiger partial charge is 0.489 e. The molecule has 0 saturated heterocycles. The maximum Gasteiger partial charge on any atom is 0.329 e. The summed E-state index contributed by atoms with van der Waals surface area (Å²) in [5.41, 5.74) is 4.04. The second-order valence-electron chi connectivity index (χ2n) is 6.64. The first-order valence-electron chi connectivity index (χ1n) is 9.21. The first kappa shape index (κ1) is 19.9. The number of benzene rings is 2. The van der Waals surface area contributed by atoms with Crippen LogP contribution in [0.25, 0.3) is 0 Å². The lowest BCUT2D eigenvalue weighted by Crippen LogP contribution is -2.42. The van der Waals surface area contributed by atoms with Crippen molar-refractivity contribution in [3.05, 3.63) is 64.7 Å². The summed E-state index contributed by atoms with van der Waals surface area (Å²) in [4.78, 5) is 23.5. The van der Waals surface area contributed by atoms with Crippen LogP contribution in [0, 0.1) is 0 Å². The predicted molar refractivity (Wildman–Crippen MR) is 108 cm³/mol. The average Bonchev–Trinajstić information content (AvgIpc) is 3.21. The summed E-state index contributed by atoms with van der Waals surface area (Å²) in [6.45, 7) is 0.441. The van der Waals surface area contributed by atoms with Crippen LogP contribution in [0.1, 0.15) is 36.8 Å². The fraction of sp³-hybridized carbons (Fsp3) is 0.286. The average molecular weight is 400 g/mol. The number of hydrogen-bond donors (Lipinski definition) is 2. The third-order valence-electron chi connectivity index (χ3n) is 4.48. The number of rotatable bonds is 6. The van der Waals surface area contributed by atoms with Gasteiger partial charge < -0.3 is 10.1 Å². The summed E-state index contributed by atoms with van der Waals surface area (Å²) < 4.78 is 5.71. The van der Waals surface area contributed by atoms with E-state index in [1.54, 1.807) is 0 Å². The Kier molecular flexibility index (Phi) is 7.03. The zero-order valence-corrected chi connectivity index (χ0v) is 16.1. The van der Waals surface area contributed by atoms with E-state index in [0.717, 1.165) is 36.8 Å². The quantitative estimate of drug-likeness (QED) is 0.443. The molecule has 1 saturated carbocycles. The van der Waals surface area contributed by atoms with Gasteiger partial charge in [0.1, 0.15) is 12.4 Å². The molecule has 0 bridgehead atoms. The first-order chi connectivity index (χ1) is 13.6. The van der Waals surface area contributed by atoms with Crippen LogP contribution in [0.4, 0.5) is 0 Å². The third kappa shape index (κ3) is 6.09. The van der Waals surface area contributed by atoms with Gasteiger partial charge >= 0.3 is 11.8 Å². The van der Waals surface area contributed by atoms with E-state index in [0.29, 0.717) is 17.4 Å². The topological polar surface area (TPSA) is 79.8 Å². The van der Waals surface area contributed by atoms with E-state index in [-0.39, 0.29) is 6.04 Å². The monoisotopic (exact) mass is 399 g/mol. The molecule has 1 fully saturated rings. The van der Waals surface area contributed by atoms with Crippen LogP contribution in [-0.2, 0) is 16.2 Å². The van der Waals surface area contributed by atoms with E-state index in [1.165, 1.54) is 6.21 Å². The third-order valence-corrected chi connectivity index (χ3v) is 4.73. The van der Waals surface area contributed by atoms with E-state index in [1.807, 2.05) is 48.5 Å². The number of halogens is 1. The lowest BCUT2D eigenvalue weighted by molar-refractivity contribution is -0.139. The Bertz CT molecular complexity index is 829. The van der Waals surface area contributed by atoms with Gasteiger partial charge in [-0.15, -0.1) is 0 Å². The molecule has 0 aromatic heterocycles. The highest BCUT2D eigenvalue weighted by Crippen LogP contribution is 2.17. The molecule has 2 aromatic carbocycles. The van der Waals surface area contributed by atoms with Crippen molar-refractivity contribution < 1.29 is 14.3 Å². The Hall–Kier alpha value is -2.86. The van der Waals surface area contributed by atoms with Crippen molar-refractivity contribution in [2.45, 2.75) is 38.3 Å². The number of hydrogen-bond acceptors (Lipinski definition) is 4. The van der Waals surface area contributed by atoms with Crippen LogP contribution >= 0.6 is 11.6 Å². The Morgan fingerprint density at radius 3 is 2.39 bits per heavy atom. The van der Waals surface area contributed by atoms with Crippen molar-refractivity contribution in [1.82, 2.24) is 10.7 Å². The summed E-state index contributed by atoms with van der Waals surface area (Å²) in [5, 5.41) is 7.24. The highest BCUT2D eigenvalue weighted by Gasteiger charge is 2.20. The van der Waals surface area contributed by atoms with Gasteiger partial charge in [0, 0.05) is 11.1 Å². The van der Waals surface area contributed by atoms with E-state index in [9.17, 15) is 9.59 Å². The fourth-order valence-corrected chi connectivity index (χ4v) is 3.06. The van der Waals surface area contributed by atoms with Crippen LogP contribution in [0.3, 0.4) is 0 Å². The minimum Gasteiger partial charge on any atom is -0.489 e. The van der Waals surface area contributed by atoms with Gasteiger partial charge in [0.15, 0.2) is 0 Å². The van der Waals surface area contributed by atoms with Gasteiger partial charge in [0.25, 0.3) is 0 Å². The van der Waals surface area contributed by atoms with Crippen molar-refractivity contribution in [1.29, 1.82) is 0 Å². The second-order valence-corrected chi connectivity index (χ2v) is 7.07. The number of amides is 2. The smallest absolute Gasteiger partial charge is 0.329 e. The molecule has 0 unspecified atom stereocenters. The molecule has 6 nitrogen and oxygen atoms in total. The Labute approximate surface area is 168 Å². The minimum atomic E-state index is -0.758. The number of hydrazone groups is 1. The maximum atomic E-state index is 11.8. The lowest BCUT2D eigenvalue weighted by Gasteiger charge is -2.10. The van der Waals surface area contributed by atoms with Crippen molar-refractivity contribution in [3.63, 3.8) is 0 Å². The normalized spacial score (nSPS) is 14.2. The molecule has 1 aliphatic rings. The molecular formula is C21H22ClN3O3. The van der Waals surface area contributed by atoms with Crippen LogP contribution < -0.4 is 15.5 Å². The highest BCUT2D eigenvalue weighted by atomic mass is 35.5. The van der Waals surface area contributed by atoms with Crippen LogP contribution in [-0.4, -0.2) is 24.1 Å². The van der Waals surface area contributed by atoms with E-state index in [4.69, 9.17) is 16.3 Å². The van der Waals surface area contributed by atoms with E-state index < -0.39 is 11.8 Å². The number of nitrogens with zero attached hydrogens (tertiary/aromatic N) is 1.